The van der Waals surface area contributed by atoms with E-state index in [0.29, 0.717) is 24.2 Å². The lowest BCUT2D eigenvalue weighted by molar-refractivity contribution is 0.0929. The van der Waals surface area contributed by atoms with Gasteiger partial charge in [-0.15, -0.1) is 10.2 Å². The number of amides is 2. The van der Waals surface area contributed by atoms with Crippen LogP contribution in [0.25, 0.3) is 17.2 Å². The quantitative estimate of drug-likeness (QED) is 0.121. The first-order valence-corrected chi connectivity index (χ1v) is 14.3. The summed E-state index contributed by atoms with van der Waals surface area (Å²) in [5, 5.41) is 32.8. The minimum atomic E-state index is -0.789. The number of tetrazole rings is 1. The molecule has 16 nitrogen and oxygen atoms in total. The highest BCUT2D eigenvalue weighted by atomic mass is 19.1. The molecule has 1 atom stereocenters. The molecule has 0 fully saturated rings. The number of aryl methyl sites for hydroxylation is 1. The van der Waals surface area contributed by atoms with Gasteiger partial charge in [-0.05, 0) is 59.0 Å². The monoisotopic (exact) mass is 637 g/mol. The number of halogens is 1. The van der Waals surface area contributed by atoms with Crippen LogP contribution in [0, 0.1) is 5.82 Å². The van der Waals surface area contributed by atoms with E-state index in [-0.39, 0.29) is 59.1 Å². The average molecular weight is 638 g/mol. The lowest BCUT2D eigenvalue weighted by Gasteiger charge is -2.16. The van der Waals surface area contributed by atoms with Crippen molar-refractivity contribution in [1.82, 2.24) is 45.6 Å². The van der Waals surface area contributed by atoms with Crippen LogP contribution in [0.1, 0.15) is 55.7 Å². The number of nitrogens with two attached hydrogens (primary N) is 1. The maximum absolute atomic E-state index is 14.4. The van der Waals surface area contributed by atoms with Crippen LogP contribution in [0.4, 0.5) is 15.8 Å². The number of hydrogen-bond donors (Lipinski definition) is 6. The molecule has 0 spiro atoms. The number of fused-ring (bicyclic) bond motifs is 2. The number of nitrogen functional groups attached to an aromatic ring is 1. The highest BCUT2D eigenvalue weighted by Gasteiger charge is 2.27. The summed E-state index contributed by atoms with van der Waals surface area (Å²) in [6.45, 7) is -0.151. The molecule has 3 heterocycles. The van der Waals surface area contributed by atoms with Crippen molar-refractivity contribution < 1.29 is 19.1 Å². The fourth-order valence-corrected chi connectivity index (χ4v) is 5.60. The smallest absolute Gasteiger partial charge is 0.270 e. The molecular formula is C30H24FN11O5. The van der Waals surface area contributed by atoms with Gasteiger partial charge in [0.05, 0.1) is 12.2 Å². The minimum Gasteiger partial charge on any atom is -0.493 e. The molecule has 0 unspecified atom stereocenters. The van der Waals surface area contributed by atoms with Gasteiger partial charge in [-0.3, -0.25) is 19.2 Å². The Kier molecular flexibility index (Phi) is 7.11. The topological polar surface area (TPSA) is 235 Å². The first-order chi connectivity index (χ1) is 22.7. The number of anilines is 2. The molecular weight excluding hydrogens is 613 g/mol. The Hall–Kier alpha value is -6.52. The molecule has 7 N–H and O–H groups in total. The number of aromatic amines is 1. The molecule has 0 aliphatic heterocycles. The molecule has 47 heavy (non-hydrogen) atoms. The van der Waals surface area contributed by atoms with Gasteiger partial charge in [-0.2, -0.15) is 5.21 Å². The third kappa shape index (κ3) is 5.28. The number of imidazole rings is 1. The van der Waals surface area contributed by atoms with Gasteiger partial charge in [-0.25, -0.2) is 18.8 Å². The van der Waals surface area contributed by atoms with Gasteiger partial charge < -0.3 is 26.8 Å². The van der Waals surface area contributed by atoms with Gasteiger partial charge in [0.25, 0.3) is 22.7 Å². The molecule has 0 saturated carbocycles. The zero-order chi connectivity index (χ0) is 32.8. The number of nitrogens with zero attached hydrogens (tertiary/aromatic N) is 6. The maximum atomic E-state index is 14.4. The summed E-state index contributed by atoms with van der Waals surface area (Å²) >= 11 is 0. The number of aromatic nitrogens is 7. The average Bonchev–Trinajstić information content (AvgIpc) is 3.85. The van der Waals surface area contributed by atoms with Gasteiger partial charge in [0.15, 0.2) is 0 Å². The summed E-state index contributed by atoms with van der Waals surface area (Å²) < 4.78 is 15.6. The molecule has 2 amide bonds. The van der Waals surface area contributed by atoms with Gasteiger partial charge in [0, 0.05) is 24.2 Å². The van der Waals surface area contributed by atoms with Gasteiger partial charge >= 0.3 is 0 Å². The Labute approximate surface area is 262 Å². The minimum absolute atomic E-state index is 0.0346. The molecule has 7 rings (SSSR count). The standard InChI is InChI=1S/C30H24FN11O5/c31-18-5-1-13(7-16(18)11-33-24-23(32)25(44)26(24)45)10-34-28(46)20-9-21(42-22(43)12-35-30(42)37-20)29(47)36-19-6-3-14-8-15(2-4-17(14)19)27-38-40-41-39-27/h1-2,4-5,7-9,12,19,33,43H,3,6,10-11,32H2,(H,34,46)(H,36,47)(H,38,39,40,41)/t19-/m0/s1. The van der Waals surface area contributed by atoms with E-state index in [0.717, 1.165) is 27.3 Å². The van der Waals surface area contributed by atoms with E-state index in [9.17, 15) is 28.7 Å². The molecule has 17 heteroatoms. The number of H-pyrrole nitrogens is 1. The molecule has 6 aromatic rings. The number of rotatable bonds is 9. The molecule has 1 aliphatic rings. The number of carbonyl (C=O) groups excluding carboxylic acids is 2. The summed E-state index contributed by atoms with van der Waals surface area (Å²) in [5.41, 5.74) is 6.94. The van der Waals surface area contributed by atoms with Crippen molar-refractivity contribution >= 4 is 29.0 Å². The third-order valence-electron chi connectivity index (χ3n) is 8.02. The van der Waals surface area contributed by atoms with E-state index in [1.165, 1.54) is 24.3 Å². The summed E-state index contributed by atoms with van der Waals surface area (Å²) in [5.74, 6) is -1.71. The van der Waals surface area contributed by atoms with Crippen LogP contribution in [0.15, 0.2) is 58.3 Å². The van der Waals surface area contributed by atoms with Crippen molar-refractivity contribution in [3.05, 3.63) is 109 Å². The zero-order valence-corrected chi connectivity index (χ0v) is 24.2. The molecule has 1 aliphatic carbocycles. The normalized spacial score (nSPS) is 13.9. The fourth-order valence-electron chi connectivity index (χ4n) is 5.60. The van der Waals surface area contributed by atoms with Gasteiger partial charge in [-0.1, -0.05) is 18.2 Å². The van der Waals surface area contributed by atoms with Crippen molar-refractivity contribution in [1.29, 1.82) is 0 Å². The van der Waals surface area contributed by atoms with Crippen LogP contribution in [0.5, 0.6) is 5.88 Å². The largest absolute Gasteiger partial charge is 0.493 e. The molecule has 236 valence electrons. The fraction of sp³-hybridized carbons (Fsp3) is 0.167. The lowest BCUT2D eigenvalue weighted by Crippen LogP contribution is -2.37. The second-order valence-electron chi connectivity index (χ2n) is 10.9. The summed E-state index contributed by atoms with van der Waals surface area (Å²) in [6, 6.07) is 10.8. The predicted molar refractivity (Wildman–Crippen MR) is 163 cm³/mol. The maximum Gasteiger partial charge on any atom is 0.270 e. The third-order valence-corrected chi connectivity index (χ3v) is 8.02. The predicted octanol–water partition coefficient (Wildman–Crippen LogP) is 0.892. The Morgan fingerprint density at radius 1 is 1.09 bits per heavy atom. The van der Waals surface area contributed by atoms with E-state index in [4.69, 9.17) is 5.73 Å². The molecule has 3 aromatic heterocycles. The van der Waals surface area contributed by atoms with Crippen molar-refractivity contribution in [3.8, 4) is 17.3 Å². The number of hydrogen-bond acceptors (Lipinski definition) is 12. The summed E-state index contributed by atoms with van der Waals surface area (Å²) in [7, 11) is 0. The first kappa shape index (κ1) is 29.2. The summed E-state index contributed by atoms with van der Waals surface area (Å²) in [6.07, 6.45) is 2.45. The molecule has 3 aromatic carbocycles. The highest BCUT2D eigenvalue weighted by Crippen LogP contribution is 2.34. The molecule has 0 saturated heterocycles. The van der Waals surface area contributed by atoms with E-state index < -0.39 is 28.5 Å². The number of nitrogens with one attached hydrogen (secondary N) is 4. The van der Waals surface area contributed by atoms with E-state index >= 15 is 0 Å². The first-order valence-electron chi connectivity index (χ1n) is 14.3. The van der Waals surface area contributed by atoms with Crippen LogP contribution in [-0.2, 0) is 19.5 Å². The SMILES string of the molecule is Nc1c(NCc2cc(CNC(=O)c3cc(C(=O)N[C@H]4CCc5cc(-c6nn[nH]n6)ccc54)n4c(O)cnc4n3)ccc2F)c(=O)c1=O. The highest BCUT2D eigenvalue weighted by molar-refractivity contribution is 5.98. The van der Waals surface area contributed by atoms with Gasteiger partial charge in [0.1, 0.15) is 28.6 Å². The van der Waals surface area contributed by atoms with Crippen molar-refractivity contribution in [2.75, 3.05) is 11.1 Å². The van der Waals surface area contributed by atoms with Crippen LogP contribution >= 0.6 is 0 Å². The van der Waals surface area contributed by atoms with Crippen LogP contribution in [0.3, 0.4) is 0 Å². The van der Waals surface area contributed by atoms with E-state index in [1.807, 2.05) is 18.2 Å². The zero-order valence-electron chi connectivity index (χ0n) is 24.2. The van der Waals surface area contributed by atoms with Crippen molar-refractivity contribution in [3.63, 3.8) is 0 Å². The number of aromatic hydroxyl groups is 1. The summed E-state index contributed by atoms with van der Waals surface area (Å²) in [4.78, 5) is 58.0. The Morgan fingerprint density at radius 2 is 1.94 bits per heavy atom. The lowest BCUT2D eigenvalue weighted by atomic mass is 10.0. The van der Waals surface area contributed by atoms with E-state index in [2.05, 4.69) is 46.5 Å². The van der Waals surface area contributed by atoms with Crippen LogP contribution < -0.4 is 32.5 Å². The van der Waals surface area contributed by atoms with E-state index in [1.54, 1.807) is 0 Å². The van der Waals surface area contributed by atoms with Crippen LogP contribution in [-0.4, -0.2) is 51.9 Å². The Balaban J connectivity index is 1.07. The number of benzene rings is 2. The van der Waals surface area contributed by atoms with Crippen molar-refractivity contribution in [2.24, 2.45) is 0 Å². The van der Waals surface area contributed by atoms with Crippen molar-refractivity contribution in [2.45, 2.75) is 32.0 Å². The molecule has 0 bridgehead atoms. The molecule has 0 radical (unpaired) electrons. The Morgan fingerprint density at radius 3 is 2.72 bits per heavy atom. The second kappa shape index (κ2) is 11.4. The van der Waals surface area contributed by atoms with Crippen LogP contribution in [0.2, 0.25) is 0 Å². The number of carbonyl (C=O) groups is 2. The second-order valence-corrected chi connectivity index (χ2v) is 10.9. The Bertz CT molecular complexity index is 2270. The van der Waals surface area contributed by atoms with Gasteiger partial charge in [0.2, 0.25) is 17.5 Å².